The number of carbonyl (C=O) groups excluding carboxylic acids is 2. The van der Waals surface area contributed by atoms with E-state index in [1.54, 1.807) is 25.3 Å². The highest BCUT2D eigenvalue weighted by Gasteiger charge is 2.44. The number of anilines is 1. The normalized spacial score (nSPS) is 19.4. The number of aromatic amines is 1. The number of para-hydroxylation sites is 1. The number of hydrogen-bond acceptors (Lipinski definition) is 5. The van der Waals surface area contributed by atoms with E-state index in [1.807, 2.05) is 12.1 Å². The molecule has 1 N–H and O–H groups in total. The summed E-state index contributed by atoms with van der Waals surface area (Å²) in [5.41, 5.74) is 4.01. The minimum Gasteiger partial charge on any atom is -0.497 e. The Morgan fingerprint density at radius 1 is 1.07 bits per heavy atom. The average molecular weight is 405 g/mol. The maximum atomic E-state index is 13.3. The summed E-state index contributed by atoms with van der Waals surface area (Å²) < 4.78 is 10.6. The number of carbonyl (C=O) groups is 2. The van der Waals surface area contributed by atoms with Crippen LogP contribution >= 0.6 is 0 Å². The Morgan fingerprint density at radius 2 is 1.90 bits per heavy atom. The van der Waals surface area contributed by atoms with Gasteiger partial charge < -0.3 is 14.5 Å². The average Bonchev–Trinajstić information content (AvgIpc) is 3.29. The maximum absolute atomic E-state index is 13.3. The molecule has 0 unspecified atom stereocenters. The number of nitrogens with zero attached hydrogens (tertiary/aromatic N) is 2. The van der Waals surface area contributed by atoms with Crippen LogP contribution in [0.15, 0.2) is 42.5 Å². The third-order valence-electron chi connectivity index (χ3n) is 6.10. The van der Waals surface area contributed by atoms with Gasteiger partial charge in [-0.3, -0.25) is 14.5 Å². The van der Waals surface area contributed by atoms with Crippen molar-refractivity contribution in [1.82, 2.24) is 9.88 Å². The van der Waals surface area contributed by atoms with Crippen molar-refractivity contribution < 1.29 is 19.1 Å². The van der Waals surface area contributed by atoms with E-state index < -0.39 is 6.04 Å². The quantitative estimate of drug-likeness (QED) is 0.676. The lowest BCUT2D eigenvalue weighted by Gasteiger charge is -2.31. The first-order valence-electron chi connectivity index (χ1n) is 10.0. The third-order valence-corrected chi connectivity index (χ3v) is 6.10. The number of imide groups is 1. The summed E-state index contributed by atoms with van der Waals surface area (Å²) in [4.78, 5) is 33.0. The molecule has 0 spiro atoms. The molecule has 1 saturated heterocycles. The summed E-state index contributed by atoms with van der Waals surface area (Å²) in [6.07, 6.45) is 1.02. The van der Waals surface area contributed by atoms with Gasteiger partial charge in [-0.1, -0.05) is 18.2 Å². The molecule has 7 heteroatoms. The Bertz CT molecular complexity index is 1150. The van der Waals surface area contributed by atoms with Crippen molar-refractivity contribution in [1.29, 1.82) is 0 Å². The van der Waals surface area contributed by atoms with Gasteiger partial charge in [-0.05, 0) is 30.2 Å². The summed E-state index contributed by atoms with van der Waals surface area (Å²) in [6.45, 7) is 1.37. The van der Waals surface area contributed by atoms with Crippen molar-refractivity contribution >= 4 is 28.4 Å². The van der Waals surface area contributed by atoms with Crippen LogP contribution in [-0.2, 0) is 22.6 Å². The fourth-order valence-corrected chi connectivity index (χ4v) is 4.60. The zero-order valence-corrected chi connectivity index (χ0v) is 17.0. The second kappa shape index (κ2) is 7.18. The van der Waals surface area contributed by atoms with Crippen LogP contribution in [-0.4, -0.2) is 48.5 Å². The molecule has 3 aromatic rings. The lowest BCUT2D eigenvalue weighted by Crippen LogP contribution is -2.44. The SMILES string of the molecule is COc1ccc(N2C(=O)C[C@H](N3CCc4c([nH]c5ccccc45)C3)C2=O)c(OC)c1. The standard InChI is InChI=1S/C23H23N3O4/c1-29-14-7-8-19(21(11-14)30-2)26-22(27)12-20(23(26)28)25-10-9-16-15-5-3-4-6-17(15)24-18(16)13-25/h3-8,11,20,24H,9-10,12-13H2,1-2H3/t20-/m0/s1. The molecule has 3 heterocycles. The molecule has 1 fully saturated rings. The fraction of sp³-hybridized carbons (Fsp3) is 0.304. The zero-order valence-electron chi connectivity index (χ0n) is 17.0. The zero-order chi connectivity index (χ0) is 20.8. The van der Waals surface area contributed by atoms with E-state index >= 15 is 0 Å². The predicted molar refractivity (Wildman–Crippen MR) is 113 cm³/mol. The van der Waals surface area contributed by atoms with Gasteiger partial charge in [-0.15, -0.1) is 0 Å². The number of benzene rings is 2. The van der Waals surface area contributed by atoms with Crippen LogP contribution in [0.4, 0.5) is 5.69 Å². The van der Waals surface area contributed by atoms with Crippen molar-refractivity contribution in [2.75, 3.05) is 25.7 Å². The summed E-state index contributed by atoms with van der Waals surface area (Å²) in [5.74, 6) is 0.626. The van der Waals surface area contributed by atoms with Crippen LogP contribution in [0, 0.1) is 0 Å². The Morgan fingerprint density at radius 3 is 2.70 bits per heavy atom. The Labute approximate surface area is 174 Å². The van der Waals surface area contributed by atoms with E-state index in [0.29, 0.717) is 23.7 Å². The second-order valence-electron chi connectivity index (χ2n) is 7.67. The summed E-state index contributed by atoms with van der Waals surface area (Å²) >= 11 is 0. The molecule has 1 atom stereocenters. The van der Waals surface area contributed by atoms with E-state index in [1.165, 1.54) is 23.0 Å². The van der Waals surface area contributed by atoms with Crippen molar-refractivity contribution in [3.63, 3.8) is 0 Å². The molecule has 0 aliphatic carbocycles. The minimum absolute atomic E-state index is 0.170. The number of rotatable bonds is 4. The highest BCUT2D eigenvalue weighted by atomic mass is 16.5. The minimum atomic E-state index is -0.469. The largest absolute Gasteiger partial charge is 0.497 e. The Kier molecular flexibility index (Phi) is 4.47. The van der Waals surface area contributed by atoms with E-state index in [4.69, 9.17) is 9.47 Å². The van der Waals surface area contributed by atoms with Gasteiger partial charge in [0.25, 0.3) is 5.91 Å². The maximum Gasteiger partial charge on any atom is 0.251 e. The van der Waals surface area contributed by atoms with Crippen LogP contribution in [0.2, 0.25) is 0 Å². The molecule has 0 bridgehead atoms. The molecule has 5 rings (SSSR count). The van der Waals surface area contributed by atoms with Gasteiger partial charge in [-0.25, -0.2) is 4.90 Å². The van der Waals surface area contributed by atoms with Gasteiger partial charge in [0.1, 0.15) is 11.5 Å². The first kappa shape index (κ1) is 18.7. The molecule has 30 heavy (non-hydrogen) atoms. The summed E-state index contributed by atoms with van der Waals surface area (Å²) in [5, 5.41) is 1.24. The number of nitrogens with one attached hydrogen (secondary N) is 1. The number of fused-ring (bicyclic) bond motifs is 3. The molecule has 2 aromatic carbocycles. The first-order chi connectivity index (χ1) is 14.6. The molecule has 7 nitrogen and oxygen atoms in total. The van der Waals surface area contributed by atoms with Crippen molar-refractivity contribution in [2.45, 2.75) is 25.4 Å². The lowest BCUT2D eigenvalue weighted by atomic mass is 10.0. The number of amides is 2. The van der Waals surface area contributed by atoms with E-state index in [2.05, 4.69) is 22.0 Å². The first-order valence-corrected chi connectivity index (χ1v) is 10.0. The number of ether oxygens (including phenoxy) is 2. The highest BCUT2D eigenvalue weighted by Crippen LogP contribution is 2.37. The van der Waals surface area contributed by atoms with Gasteiger partial charge in [0.15, 0.2) is 0 Å². The van der Waals surface area contributed by atoms with E-state index in [0.717, 1.165) is 24.2 Å². The predicted octanol–water partition coefficient (Wildman–Crippen LogP) is 2.88. The molecule has 2 aliphatic rings. The van der Waals surface area contributed by atoms with Crippen molar-refractivity contribution in [3.8, 4) is 11.5 Å². The summed E-state index contributed by atoms with van der Waals surface area (Å²) in [6, 6.07) is 12.9. The van der Waals surface area contributed by atoms with Gasteiger partial charge in [-0.2, -0.15) is 0 Å². The molecular weight excluding hydrogens is 382 g/mol. The molecule has 1 aromatic heterocycles. The fourth-order valence-electron chi connectivity index (χ4n) is 4.60. The van der Waals surface area contributed by atoms with E-state index in [9.17, 15) is 9.59 Å². The van der Waals surface area contributed by atoms with Gasteiger partial charge in [0.05, 0.1) is 32.4 Å². The van der Waals surface area contributed by atoms with Gasteiger partial charge >= 0.3 is 0 Å². The molecule has 0 radical (unpaired) electrons. The van der Waals surface area contributed by atoms with Crippen molar-refractivity contribution in [3.05, 3.63) is 53.7 Å². The van der Waals surface area contributed by atoms with Crippen LogP contribution in [0.1, 0.15) is 17.7 Å². The second-order valence-corrected chi connectivity index (χ2v) is 7.67. The van der Waals surface area contributed by atoms with Crippen molar-refractivity contribution in [2.24, 2.45) is 0 Å². The molecule has 154 valence electrons. The number of H-pyrrole nitrogens is 1. The lowest BCUT2D eigenvalue weighted by molar-refractivity contribution is -0.123. The van der Waals surface area contributed by atoms with Crippen LogP contribution in [0.25, 0.3) is 10.9 Å². The Hall–Kier alpha value is -3.32. The van der Waals surface area contributed by atoms with E-state index in [-0.39, 0.29) is 18.2 Å². The van der Waals surface area contributed by atoms with Gasteiger partial charge in [0, 0.05) is 35.8 Å². The number of hydrogen-bond donors (Lipinski definition) is 1. The topological polar surface area (TPSA) is 74.9 Å². The molecule has 2 aliphatic heterocycles. The highest BCUT2D eigenvalue weighted by molar-refractivity contribution is 6.23. The third kappa shape index (κ3) is 2.85. The molecule has 2 amide bonds. The van der Waals surface area contributed by atoms with Crippen LogP contribution < -0.4 is 14.4 Å². The van der Waals surface area contributed by atoms with Gasteiger partial charge in [0.2, 0.25) is 5.91 Å². The molecular formula is C23H23N3O4. The summed E-state index contributed by atoms with van der Waals surface area (Å²) in [7, 11) is 3.08. The molecule has 0 saturated carbocycles. The number of aromatic nitrogens is 1. The monoisotopic (exact) mass is 405 g/mol. The smallest absolute Gasteiger partial charge is 0.251 e. The van der Waals surface area contributed by atoms with Crippen LogP contribution in [0.3, 0.4) is 0 Å². The van der Waals surface area contributed by atoms with Crippen LogP contribution in [0.5, 0.6) is 11.5 Å². The Balaban J connectivity index is 1.42. The number of methoxy groups -OCH3 is 2.